The normalized spacial score (nSPS) is 22.2. The molecule has 1 atom stereocenters. The first-order valence-electron chi connectivity index (χ1n) is 5.81. The van der Waals surface area contributed by atoms with Crippen molar-refractivity contribution in [1.82, 2.24) is 4.90 Å². The quantitative estimate of drug-likeness (QED) is 0.745. The molecule has 1 heterocycles. The molecule has 1 aromatic rings. The average molecular weight is 258 g/mol. The third-order valence-electron chi connectivity index (χ3n) is 3.17. The van der Waals surface area contributed by atoms with E-state index in [0.717, 1.165) is 24.0 Å². The Kier molecular flexibility index (Phi) is 4.51. The smallest absolute Gasteiger partial charge is 0.0451 e. The standard InChI is InChI=1S/C13H17Cl2N/c14-8-11-4-3-7-16(9-11)10-12-5-1-2-6-13(12)15/h1-2,5-6,11H,3-4,7-10H2. The van der Waals surface area contributed by atoms with E-state index in [-0.39, 0.29) is 0 Å². The van der Waals surface area contributed by atoms with Gasteiger partial charge in [0.15, 0.2) is 0 Å². The molecule has 3 heteroatoms. The number of hydrogen-bond donors (Lipinski definition) is 0. The third kappa shape index (κ3) is 3.13. The van der Waals surface area contributed by atoms with Gasteiger partial charge in [0.2, 0.25) is 0 Å². The van der Waals surface area contributed by atoms with Gasteiger partial charge >= 0.3 is 0 Å². The van der Waals surface area contributed by atoms with Crippen LogP contribution in [0, 0.1) is 5.92 Å². The minimum Gasteiger partial charge on any atom is -0.299 e. The molecule has 1 nitrogen and oxygen atoms in total. The summed E-state index contributed by atoms with van der Waals surface area (Å²) < 4.78 is 0. The van der Waals surface area contributed by atoms with E-state index in [1.54, 1.807) is 0 Å². The van der Waals surface area contributed by atoms with Gasteiger partial charge in [-0.2, -0.15) is 0 Å². The van der Waals surface area contributed by atoms with Crippen LogP contribution in [0.2, 0.25) is 5.02 Å². The maximum absolute atomic E-state index is 6.16. The molecule has 0 aromatic heterocycles. The second-order valence-electron chi connectivity index (χ2n) is 4.49. The highest BCUT2D eigenvalue weighted by atomic mass is 35.5. The van der Waals surface area contributed by atoms with E-state index in [1.807, 2.05) is 18.2 Å². The second kappa shape index (κ2) is 5.90. The number of likely N-dealkylation sites (tertiary alicyclic amines) is 1. The number of rotatable bonds is 3. The molecule has 0 radical (unpaired) electrons. The molecule has 1 fully saturated rings. The molecular weight excluding hydrogens is 241 g/mol. The number of alkyl halides is 1. The van der Waals surface area contributed by atoms with Crippen LogP contribution in [-0.4, -0.2) is 23.9 Å². The molecule has 0 N–H and O–H groups in total. The third-order valence-corrected chi connectivity index (χ3v) is 3.98. The Balaban J connectivity index is 1.97. The van der Waals surface area contributed by atoms with Crippen molar-refractivity contribution >= 4 is 23.2 Å². The molecule has 16 heavy (non-hydrogen) atoms. The number of hydrogen-bond acceptors (Lipinski definition) is 1. The predicted molar refractivity (Wildman–Crippen MR) is 70.2 cm³/mol. The van der Waals surface area contributed by atoms with Gasteiger partial charge in [-0.25, -0.2) is 0 Å². The van der Waals surface area contributed by atoms with E-state index in [4.69, 9.17) is 23.2 Å². The van der Waals surface area contributed by atoms with Crippen molar-refractivity contribution in [1.29, 1.82) is 0 Å². The zero-order valence-electron chi connectivity index (χ0n) is 9.33. The Bertz CT molecular complexity index is 340. The van der Waals surface area contributed by atoms with Crippen LogP contribution in [0.15, 0.2) is 24.3 Å². The van der Waals surface area contributed by atoms with Gasteiger partial charge in [0.05, 0.1) is 0 Å². The zero-order valence-corrected chi connectivity index (χ0v) is 10.8. The maximum Gasteiger partial charge on any atom is 0.0451 e. The lowest BCUT2D eigenvalue weighted by Crippen LogP contribution is -2.35. The van der Waals surface area contributed by atoms with Gasteiger partial charge in [-0.15, -0.1) is 11.6 Å². The number of piperidine rings is 1. The van der Waals surface area contributed by atoms with E-state index in [1.165, 1.54) is 24.9 Å². The van der Waals surface area contributed by atoms with Crippen molar-refractivity contribution in [2.75, 3.05) is 19.0 Å². The summed E-state index contributed by atoms with van der Waals surface area (Å²) in [6, 6.07) is 8.08. The van der Waals surface area contributed by atoms with Gasteiger partial charge in [-0.3, -0.25) is 4.90 Å². The van der Waals surface area contributed by atoms with Gasteiger partial charge in [-0.1, -0.05) is 29.8 Å². The van der Waals surface area contributed by atoms with Crippen LogP contribution in [0.3, 0.4) is 0 Å². The summed E-state index contributed by atoms with van der Waals surface area (Å²) in [7, 11) is 0. The molecule has 1 aliphatic rings. The Labute approximate surface area is 107 Å². The summed E-state index contributed by atoms with van der Waals surface area (Å²) in [6.45, 7) is 3.22. The molecular formula is C13H17Cl2N. The summed E-state index contributed by atoms with van der Waals surface area (Å²) in [6.07, 6.45) is 2.52. The number of halogens is 2. The highest BCUT2D eigenvalue weighted by Gasteiger charge is 2.19. The fourth-order valence-corrected chi connectivity index (χ4v) is 2.74. The largest absolute Gasteiger partial charge is 0.299 e. The minimum absolute atomic E-state index is 0.651. The molecule has 1 aromatic carbocycles. The topological polar surface area (TPSA) is 3.24 Å². The van der Waals surface area contributed by atoms with Crippen LogP contribution in [0.1, 0.15) is 18.4 Å². The highest BCUT2D eigenvalue weighted by Crippen LogP contribution is 2.22. The Morgan fingerprint density at radius 2 is 2.12 bits per heavy atom. The molecule has 0 bridgehead atoms. The van der Waals surface area contributed by atoms with Gasteiger partial charge in [0.1, 0.15) is 0 Å². The van der Waals surface area contributed by atoms with E-state index in [2.05, 4.69) is 11.0 Å². The summed E-state index contributed by atoms with van der Waals surface area (Å²) in [4.78, 5) is 2.46. The molecule has 1 unspecified atom stereocenters. The first-order chi connectivity index (χ1) is 7.79. The van der Waals surface area contributed by atoms with E-state index in [0.29, 0.717) is 5.92 Å². The zero-order chi connectivity index (χ0) is 11.4. The van der Waals surface area contributed by atoms with Crippen LogP contribution in [0.25, 0.3) is 0 Å². The molecule has 1 aliphatic heterocycles. The molecule has 1 saturated heterocycles. The van der Waals surface area contributed by atoms with Gasteiger partial charge in [-0.05, 0) is 36.9 Å². The molecule has 2 rings (SSSR count). The van der Waals surface area contributed by atoms with Gasteiger partial charge < -0.3 is 0 Å². The molecule has 0 aliphatic carbocycles. The summed E-state index contributed by atoms with van der Waals surface area (Å²) in [5.74, 6) is 1.43. The van der Waals surface area contributed by atoms with Crippen LogP contribution in [0.5, 0.6) is 0 Å². The first-order valence-corrected chi connectivity index (χ1v) is 6.72. The van der Waals surface area contributed by atoms with Crippen LogP contribution in [0.4, 0.5) is 0 Å². The van der Waals surface area contributed by atoms with E-state index in [9.17, 15) is 0 Å². The SMILES string of the molecule is ClCC1CCCN(Cc2ccccc2Cl)C1. The summed E-state index contributed by atoms with van der Waals surface area (Å²) in [5.41, 5.74) is 1.22. The van der Waals surface area contributed by atoms with Gasteiger partial charge in [0, 0.05) is 24.0 Å². The Morgan fingerprint density at radius 1 is 1.31 bits per heavy atom. The van der Waals surface area contributed by atoms with Crippen molar-refractivity contribution in [3.8, 4) is 0 Å². The average Bonchev–Trinajstić information content (AvgIpc) is 2.32. The molecule has 0 spiro atoms. The maximum atomic E-state index is 6.16. The lowest BCUT2D eigenvalue weighted by molar-refractivity contribution is 0.178. The van der Waals surface area contributed by atoms with E-state index < -0.39 is 0 Å². The summed E-state index contributed by atoms with van der Waals surface area (Å²) >= 11 is 12.1. The van der Waals surface area contributed by atoms with Crippen molar-refractivity contribution in [2.45, 2.75) is 19.4 Å². The molecule has 0 amide bonds. The van der Waals surface area contributed by atoms with Crippen LogP contribution >= 0.6 is 23.2 Å². The Hall–Kier alpha value is -0.240. The number of benzene rings is 1. The van der Waals surface area contributed by atoms with Crippen molar-refractivity contribution in [2.24, 2.45) is 5.92 Å². The Morgan fingerprint density at radius 3 is 2.88 bits per heavy atom. The van der Waals surface area contributed by atoms with Crippen LogP contribution in [-0.2, 0) is 6.54 Å². The fourth-order valence-electron chi connectivity index (χ4n) is 2.29. The first kappa shape index (κ1) is 12.2. The molecule has 88 valence electrons. The molecule has 0 saturated carbocycles. The lowest BCUT2D eigenvalue weighted by Gasteiger charge is -2.31. The van der Waals surface area contributed by atoms with Gasteiger partial charge in [0.25, 0.3) is 0 Å². The second-order valence-corrected chi connectivity index (χ2v) is 5.20. The van der Waals surface area contributed by atoms with Crippen molar-refractivity contribution in [3.05, 3.63) is 34.9 Å². The lowest BCUT2D eigenvalue weighted by atomic mass is 9.99. The highest BCUT2D eigenvalue weighted by molar-refractivity contribution is 6.31. The summed E-state index contributed by atoms with van der Waals surface area (Å²) in [5, 5.41) is 0.871. The monoisotopic (exact) mass is 257 g/mol. The number of nitrogens with zero attached hydrogens (tertiary/aromatic N) is 1. The van der Waals surface area contributed by atoms with Crippen molar-refractivity contribution in [3.63, 3.8) is 0 Å². The van der Waals surface area contributed by atoms with Crippen LogP contribution < -0.4 is 0 Å². The minimum atomic E-state index is 0.651. The predicted octanol–water partition coefficient (Wildman–Crippen LogP) is 3.79. The van der Waals surface area contributed by atoms with E-state index >= 15 is 0 Å². The van der Waals surface area contributed by atoms with Crippen molar-refractivity contribution < 1.29 is 0 Å². The fraction of sp³-hybridized carbons (Fsp3) is 0.538.